The molecule has 1 aromatic rings. The van der Waals surface area contributed by atoms with Crippen LogP contribution in [0.3, 0.4) is 0 Å². The lowest BCUT2D eigenvalue weighted by Crippen LogP contribution is -2.82. The van der Waals surface area contributed by atoms with Crippen LogP contribution in [0.2, 0.25) is 0 Å². The minimum absolute atomic E-state index is 0.108. The van der Waals surface area contributed by atoms with Gasteiger partial charge in [0.1, 0.15) is 11.9 Å². The molecule has 5 atom stereocenters. The first-order chi connectivity index (χ1) is 15.6. The van der Waals surface area contributed by atoms with E-state index < -0.39 is 6.04 Å². The standard InChI is InChI=1S/C24H29N3O5/c28-22-7-6-20(23(29)25-22)27-11-14-8-17(4-5-18(14)24(27)30)32-21-3-1-2-19(21)26-9-15-12-31-13-16(15)10-26/h4-5,8,15-16,19-21H,1-3,6-7,9-13H2,(H,25,28,29)/p+1. The van der Waals surface area contributed by atoms with E-state index in [0.29, 0.717) is 42.8 Å². The van der Waals surface area contributed by atoms with Crippen molar-refractivity contribution in [1.82, 2.24) is 9.80 Å². The summed E-state index contributed by atoms with van der Waals surface area (Å²) in [5.41, 5.74) is 1.57. The van der Waals surface area contributed by atoms with Crippen LogP contribution in [0.4, 0.5) is 0 Å². The van der Waals surface area contributed by atoms with E-state index in [9.17, 15) is 14.7 Å². The van der Waals surface area contributed by atoms with E-state index in [4.69, 9.17) is 9.47 Å². The number of hydrogen-bond donors (Lipinski definition) is 2. The summed E-state index contributed by atoms with van der Waals surface area (Å²) in [6.45, 7) is 4.43. The zero-order valence-corrected chi connectivity index (χ0v) is 18.2. The molecular weight excluding hydrogens is 410 g/mol. The molecule has 3 fully saturated rings. The number of rotatable bonds is 4. The minimum atomic E-state index is -0.477. The SMILES string of the molecule is O=C1CCC(N2Cc3cc(OC4CCCC4N4CC5COCC5C4)ccc3C2=O)C(O)=[NH+]1. The maximum absolute atomic E-state index is 12.9. The number of amides is 2. The van der Waals surface area contributed by atoms with Gasteiger partial charge in [0.05, 0.1) is 19.6 Å². The van der Waals surface area contributed by atoms with E-state index in [0.717, 1.165) is 44.0 Å². The third-order valence-corrected chi connectivity index (χ3v) is 7.96. The molecule has 1 aromatic carbocycles. The maximum atomic E-state index is 12.9. The van der Waals surface area contributed by atoms with Gasteiger partial charge in [0.15, 0.2) is 6.04 Å². The Bertz CT molecular complexity index is 966. The molecule has 4 aliphatic heterocycles. The van der Waals surface area contributed by atoms with Crippen LogP contribution in [-0.4, -0.2) is 77.1 Å². The lowest BCUT2D eigenvalue weighted by atomic mass is 10.0. The largest absolute Gasteiger partial charge is 0.489 e. The van der Waals surface area contributed by atoms with E-state index in [1.807, 2.05) is 18.2 Å². The molecule has 32 heavy (non-hydrogen) atoms. The van der Waals surface area contributed by atoms with Crippen LogP contribution < -0.4 is 9.73 Å². The number of aliphatic hydroxyl groups is 1. The van der Waals surface area contributed by atoms with Gasteiger partial charge in [0, 0.05) is 43.1 Å². The first-order valence-corrected chi connectivity index (χ1v) is 11.8. The number of nitrogens with one attached hydrogen (secondary N) is 1. The fraction of sp³-hybridized carbons (Fsp3) is 0.625. The Hall–Kier alpha value is -2.45. The van der Waals surface area contributed by atoms with Gasteiger partial charge in [-0.3, -0.25) is 9.69 Å². The van der Waals surface area contributed by atoms with E-state index in [1.54, 1.807) is 4.90 Å². The normalized spacial score (nSPS) is 34.7. The Morgan fingerprint density at radius 1 is 1.09 bits per heavy atom. The van der Waals surface area contributed by atoms with Crippen LogP contribution in [0.1, 0.15) is 48.0 Å². The molecule has 5 aliphatic rings. The fourth-order valence-electron chi connectivity index (χ4n) is 6.27. The van der Waals surface area contributed by atoms with Crippen LogP contribution in [0.5, 0.6) is 5.75 Å². The van der Waals surface area contributed by atoms with Gasteiger partial charge in [-0.15, -0.1) is 4.99 Å². The predicted molar refractivity (Wildman–Crippen MR) is 114 cm³/mol. The van der Waals surface area contributed by atoms with Gasteiger partial charge >= 0.3 is 11.8 Å². The predicted octanol–water partition coefficient (Wildman–Crippen LogP) is 0.247. The molecule has 1 saturated carbocycles. The van der Waals surface area contributed by atoms with E-state index in [2.05, 4.69) is 9.89 Å². The zero-order chi connectivity index (χ0) is 21.8. The summed E-state index contributed by atoms with van der Waals surface area (Å²) >= 11 is 0. The van der Waals surface area contributed by atoms with Crippen molar-refractivity contribution in [1.29, 1.82) is 0 Å². The number of carbonyl (C=O) groups excluding carboxylic acids is 2. The Balaban J connectivity index is 1.15. The summed E-state index contributed by atoms with van der Waals surface area (Å²) in [5.74, 6) is 1.70. The average Bonchev–Trinajstić information content (AvgIpc) is 3.52. The number of carbonyl (C=O) groups is 2. The first kappa shape index (κ1) is 20.2. The molecule has 5 unspecified atom stereocenters. The number of likely N-dealkylation sites (tertiary alicyclic amines) is 1. The number of ether oxygens (including phenoxy) is 2. The maximum Gasteiger partial charge on any atom is 0.388 e. The summed E-state index contributed by atoms with van der Waals surface area (Å²) in [5, 5.41) is 10.2. The monoisotopic (exact) mass is 440 g/mol. The Kier molecular flexibility index (Phi) is 4.95. The number of aliphatic hydroxyl groups excluding tert-OH is 1. The van der Waals surface area contributed by atoms with Crippen molar-refractivity contribution < 1.29 is 29.2 Å². The van der Waals surface area contributed by atoms with E-state index in [1.165, 1.54) is 12.8 Å². The molecule has 0 spiro atoms. The second kappa shape index (κ2) is 7.85. The fourth-order valence-corrected chi connectivity index (χ4v) is 6.27. The van der Waals surface area contributed by atoms with E-state index in [-0.39, 0.29) is 23.8 Å². The molecule has 4 heterocycles. The van der Waals surface area contributed by atoms with Crippen molar-refractivity contribution in [2.75, 3.05) is 26.3 Å². The molecule has 8 nitrogen and oxygen atoms in total. The average molecular weight is 441 g/mol. The van der Waals surface area contributed by atoms with Crippen molar-refractivity contribution in [3.05, 3.63) is 29.3 Å². The summed E-state index contributed by atoms with van der Waals surface area (Å²) in [6, 6.07) is 5.69. The smallest absolute Gasteiger partial charge is 0.388 e. The van der Waals surface area contributed by atoms with Gasteiger partial charge in [0.2, 0.25) is 0 Å². The number of benzene rings is 1. The van der Waals surface area contributed by atoms with Crippen LogP contribution in [0, 0.1) is 11.8 Å². The van der Waals surface area contributed by atoms with Crippen LogP contribution in [0.25, 0.3) is 0 Å². The van der Waals surface area contributed by atoms with Crippen molar-refractivity contribution in [2.24, 2.45) is 11.8 Å². The number of nitrogens with zero attached hydrogens (tertiary/aromatic N) is 2. The third-order valence-electron chi connectivity index (χ3n) is 7.96. The molecule has 170 valence electrons. The van der Waals surface area contributed by atoms with Gasteiger partial charge in [-0.25, -0.2) is 4.79 Å². The summed E-state index contributed by atoms with van der Waals surface area (Å²) in [7, 11) is 0. The van der Waals surface area contributed by atoms with Crippen LogP contribution in [0.15, 0.2) is 18.2 Å². The molecule has 2 amide bonds. The topological polar surface area (TPSA) is 93.3 Å². The third kappa shape index (κ3) is 3.40. The number of fused-ring (bicyclic) bond motifs is 2. The highest BCUT2D eigenvalue weighted by atomic mass is 16.5. The molecular formula is C24H30N3O5+. The molecule has 1 aliphatic carbocycles. The Morgan fingerprint density at radius 3 is 2.69 bits per heavy atom. The van der Waals surface area contributed by atoms with Crippen LogP contribution in [-0.2, 0) is 16.1 Å². The van der Waals surface area contributed by atoms with Gasteiger partial charge < -0.3 is 19.5 Å². The molecule has 2 N–H and O–H groups in total. The van der Waals surface area contributed by atoms with Gasteiger partial charge in [-0.05, 0) is 49.4 Å². The molecule has 0 bridgehead atoms. The molecule has 0 radical (unpaired) electrons. The highest BCUT2D eigenvalue weighted by molar-refractivity contribution is 6.01. The summed E-state index contributed by atoms with van der Waals surface area (Å²) < 4.78 is 12.1. The summed E-state index contributed by atoms with van der Waals surface area (Å²) in [6.07, 6.45) is 4.32. The second-order valence-corrected chi connectivity index (χ2v) is 9.91. The Morgan fingerprint density at radius 2 is 1.91 bits per heavy atom. The molecule has 0 aromatic heterocycles. The lowest BCUT2D eigenvalue weighted by Gasteiger charge is -2.30. The quantitative estimate of drug-likeness (QED) is 0.697. The molecule has 8 heteroatoms. The lowest BCUT2D eigenvalue weighted by molar-refractivity contribution is -0.394. The minimum Gasteiger partial charge on any atom is -0.489 e. The second-order valence-electron chi connectivity index (χ2n) is 9.91. The summed E-state index contributed by atoms with van der Waals surface area (Å²) in [4.78, 5) is 31.2. The van der Waals surface area contributed by atoms with E-state index >= 15 is 0 Å². The van der Waals surface area contributed by atoms with Crippen molar-refractivity contribution in [3.8, 4) is 5.75 Å². The highest BCUT2D eigenvalue weighted by Gasteiger charge is 2.44. The van der Waals surface area contributed by atoms with Crippen molar-refractivity contribution >= 4 is 17.7 Å². The van der Waals surface area contributed by atoms with Crippen LogP contribution >= 0.6 is 0 Å². The van der Waals surface area contributed by atoms with Crippen molar-refractivity contribution in [3.63, 3.8) is 0 Å². The van der Waals surface area contributed by atoms with Gasteiger partial charge in [-0.1, -0.05) is 0 Å². The van der Waals surface area contributed by atoms with Crippen molar-refractivity contribution in [2.45, 2.75) is 56.8 Å². The first-order valence-electron chi connectivity index (χ1n) is 11.8. The van der Waals surface area contributed by atoms with Gasteiger partial charge in [-0.2, -0.15) is 0 Å². The Labute approximate surface area is 187 Å². The number of hydrogen-bond acceptors (Lipinski definition) is 5. The zero-order valence-electron chi connectivity index (χ0n) is 18.2. The molecule has 6 rings (SSSR count). The molecule has 2 saturated heterocycles. The van der Waals surface area contributed by atoms with Gasteiger partial charge in [0.25, 0.3) is 5.91 Å². The highest BCUT2D eigenvalue weighted by Crippen LogP contribution is 2.37.